The van der Waals surface area contributed by atoms with Crippen LogP contribution in [0.3, 0.4) is 0 Å². The molecule has 1 aliphatic rings. The summed E-state index contributed by atoms with van der Waals surface area (Å²) in [6.45, 7) is 10.9. The summed E-state index contributed by atoms with van der Waals surface area (Å²) in [7, 11) is 0. The van der Waals surface area contributed by atoms with E-state index in [0.717, 1.165) is 60.3 Å². The highest BCUT2D eigenvalue weighted by atomic mass is 127. The molecule has 0 spiro atoms. The summed E-state index contributed by atoms with van der Waals surface area (Å²) in [4.78, 5) is 16.6. The van der Waals surface area contributed by atoms with Gasteiger partial charge in [-0.25, -0.2) is 8.10 Å². The van der Waals surface area contributed by atoms with Crippen molar-refractivity contribution < 1.29 is 4.42 Å². The van der Waals surface area contributed by atoms with Gasteiger partial charge in [0.05, 0.1) is 24.5 Å². The SMILES string of the molecule is CC(C)(C)c1cc2c(NCc3ccco3)nc(N3CCN(I)CC3)nc2cn1. The molecular formula is C20H25IN6O. The van der Waals surface area contributed by atoms with Crippen LogP contribution in [-0.2, 0) is 12.0 Å². The van der Waals surface area contributed by atoms with Crippen molar-refractivity contribution in [3.63, 3.8) is 0 Å². The Kier molecular flexibility index (Phi) is 5.42. The molecule has 7 nitrogen and oxygen atoms in total. The molecule has 0 radical (unpaired) electrons. The third kappa shape index (κ3) is 4.22. The number of furan rings is 1. The fraction of sp³-hybridized carbons (Fsp3) is 0.450. The molecule has 148 valence electrons. The lowest BCUT2D eigenvalue weighted by Gasteiger charge is -2.31. The largest absolute Gasteiger partial charge is 0.467 e. The highest BCUT2D eigenvalue weighted by Crippen LogP contribution is 2.29. The van der Waals surface area contributed by atoms with Crippen molar-refractivity contribution in [2.24, 2.45) is 0 Å². The molecule has 0 unspecified atom stereocenters. The zero-order valence-electron chi connectivity index (χ0n) is 16.4. The smallest absolute Gasteiger partial charge is 0.228 e. The van der Waals surface area contributed by atoms with Crippen LogP contribution in [0.2, 0.25) is 0 Å². The maximum atomic E-state index is 5.47. The quantitative estimate of drug-likeness (QED) is 0.436. The van der Waals surface area contributed by atoms with E-state index in [-0.39, 0.29) is 5.41 Å². The molecule has 1 saturated heterocycles. The van der Waals surface area contributed by atoms with E-state index < -0.39 is 0 Å². The van der Waals surface area contributed by atoms with E-state index in [1.54, 1.807) is 6.26 Å². The Morgan fingerprint density at radius 2 is 1.96 bits per heavy atom. The van der Waals surface area contributed by atoms with E-state index in [1.165, 1.54) is 0 Å². The first-order valence-corrected chi connectivity index (χ1v) is 10.5. The molecule has 3 aromatic heterocycles. The number of rotatable bonds is 4. The number of nitrogens with zero attached hydrogens (tertiary/aromatic N) is 5. The third-order valence-corrected chi connectivity index (χ3v) is 5.82. The van der Waals surface area contributed by atoms with E-state index >= 15 is 0 Å². The van der Waals surface area contributed by atoms with Crippen molar-refractivity contribution in [2.45, 2.75) is 32.7 Å². The number of hydrogen-bond donors (Lipinski definition) is 1. The topological polar surface area (TPSA) is 70.3 Å². The molecule has 4 heterocycles. The standard InChI is InChI=1S/C20H25IN6O/c1-20(2,3)17-11-15-16(13-22-17)24-19(26-6-8-27(21)9-7-26)25-18(15)23-12-14-5-4-10-28-14/h4-5,10-11,13H,6-9,12H2,1-3H3,(H,23,24,25). The summed E-state index contributed by atoms with van der Waals surface area (Å²) in [6, 6.07) is 5.96. The molecule has 1 aliphatic heterocycles. The van der Waals surface area contributed by atoms with E-state index in [2.05, 4.69) is 68.0 Å². The van der Waals surface area contributed by atoms with Crippen LogP contribution in [0.1, 0.15) is 32.2 Å². The molecule has 0 aliphatic carbocycles. The molecule has 1 fully saturated rings. The Hall–Kier alpha value is -1.94. The summed E-state index contributed by atoms with van der Waals surface area (Å²) in [5.74, 6) is 2.45. The van der Waals surface area contributed by atoms with Crippen LogP contribution < -0.4 is 10.2 Å². The van der Waals surface area contributed by atoms with E-state index in [0.29, 0.717) is 6.54 Å². The van der Waals surface area contributed by atoms with Crippen molar-refractivity contribution in [3.8, 4) is 0 Å². The van der Waals surface area contributed by atoms with Crippen LogP contribution in [0.5, 0.6) is 0 Å². The van der Waals surface area contributed by atoms with E-state index in [4.69, 9.17) is 14.4 Å². The van der Waals surface area contributed by atoms with Crippen LogP contribution in [0.15, 0.2) is 35.1 Å². The van der Waals surface area contributed by atoms with Crippen molar-refractivity contribution in [1.82, 2.24) is 18.1 Å². The van der Waals surface area contributed by atoms with Crippen LogP contribution in [0, 0.1) is 0 Å². The first kappa shape index (κ1) is 19.4. The molecule has 0 aromatic carbocycles. The van der Waals surface area contributed by atoms with E-state index in [1.807, 2.05) is 18.3 Å². The normalized spacial score (nSPS) is 15.9. The maximum absolute atomic E-state index is 5.47. The monoisotopic (exact) mass is 492 g/mol. The van der Waals surface area contributed by atoms with Gasteiger partial charge in [0.15, 0.2) is 0 Å². The number of nitrogens with one attached hydrogen (secondary N) is 1. The number of pyridine rings is 1. The van der Waals surface area contributed by atoms with Crippen LogP contribution in [-0.4, -0.2) is 44.2 Å². The first-order valence-electron chi connectivity index (χ1n) is 9.50. The van der Waals surface area contributed by atoms with Gasteiger partial charge in [-0.2, -0.15) is 4.98 Å². The average molecular weight is 492 g/mol. The molecule has 0 bridgehead atoms. The lowest BCUT2D eigenvalue weighted by atomic mass is 9.91. The van der Waals surface area contributed by atoms with Crippen molar-refractivity contribution in [1.29, 1.82) is 0 Å². The van der Waals surface area contributed by atoms with Crippen molar-refractivity contribution in [3.05, 3.63) is 42.1 Å². The maximum Gasteiger partial charge on any atom is 0.228 e. The Bertz CT molecular complexity index is 945. The minimum Gasteiger partial charge on any atom is -0.467 e. The predicted molar refractivity (Wildman–Crippen MR) is 120 cm³/mol. The van der Waals surface area contributed by atoms with Gasteiger partial charge >= 0.3 is 0 Å². The van der Waals surface area contributed by atoms with E-state index in [9.17, 15) is 0 Å². The summed E-state index contributed by atoms with van der Waals surface area (Å²) >= 11 is 2.37. The van der Waals surface area contributed by atoms with Gasteiger partial charge in [-0.1, -0.05) is 20.8 Å². The Labute approximate surface area is 179 Å². The summed E-state index contributed by atoms with van der Waals surface area (Å²) in [5, 5.41) is 4.43. The second-order valence-corrected chi connectivity index (χ2v) is 9.40. The summed E-state index contributed by atoms with van der Waals surface area (Å²) in [5.41, 5.74) is 1.84. The van der Waals surface area contributed by atoms with Crippen molar-refractivity contribution in [2.75, 3.05) is 36.4 Å². The van der Waals surface area contributed by atoms with Gasteiger partial charge in [0, 0.05) is 65.5 Å². The predicted octanol–water partition coefficient (Wildman–Crippen LogP) is 4.00. The Balaban J connectivity index is 1.73. The molecule has 8 heteroatoms. The fourth-order valence-corrected chi connectivity index (χ4v) is 3.60. The van der Waals surface area contributed by atoms with Gasteiger partial charge in [0.25, 0.3) is 0 Å². The van der Waals surface area contributed by atoms with Gasteiger partial charge in [-0.05, 0) is 18.2 Å². The average Bonchev–Trinajstić information content (AvgIpc) is 3.19. The molecule has 0 amide bonds. The molecule has 28 heavy (non-hydrogen) atoms. The second-order valence-electron chi connectivity index (χ2n) is 8.04. The first-order chi connectivity index (χ1) is 13.4. The van der Waals surface area contributed by atoms with Gasteiger partial charge < -0.3 is 14.6 Å². The van der Waals surface area contributed by atoms with Gasteiger partial charge in [-0.3, -0.25) is 4.98 Å². The molecule has 1 N–H and O–H groups in total. The molecule has 4 rings (SSSR count). The number of hydrogen-bond acceptors (Lipinski definition) is 7. The summed E-state index contributed by atoms with van der Waals surface area (Å²) in [6.07, 6.45) is 3.55. The number of fused-ring (bicyclic) bond motifs is 1. The lowest BCUT2D eigenvalue weighted by Crippen LogP contribution is -2.43. The van der Waals surface area contributed by atoms with Gasteiger partial charge in [0.2, 0.25) is 5.95 Å². The second kappa shape index (κ2) is 7.82. The fourth-order valence-electron chi connectivity index (χ4n) is 3.17. The number of anilines is 2. The molecule has 0 atom stereocenters. The van der Waals surface area contributed by atoms with Crippen LogP contribution in [0.4, 0.5) is 11.8 Å². The zero-order chi connectivity index (χ0) is 19.7. The number of halogens is 1. The minimum atomic E-state index is -0.0399. The summed E-state index contributed by atoms with van der Waals surface area (Å²) < 4.78 is 7.76. The van der Waals surface area contributed by atoms with Gasteiger partial charge in [0.1, 0.15) is 11.6 Å². The molecule has 3 aromatic rings. The Morgan fingerprint density at radius 3 is 2.64 bits per heavy atom. The number of aromatic nitrogens is 3. The molecule has 0 saturated carbocycles. The molecular weight excluding hydrogens is 467 g/mol. The van der Waals surface area contributed by atoms with Crippen LogP contribution in [0.25, 0.3) is 10.9 Å². The van der Waals surface area contributed by atoms with Crippen LogP contribution >= 0.6 is 22.9 Å². The van der Waals surface area contributed by atoms with Crippen molar-refractivity contribution >= 4 is 45.5 Å². The third-order valence-electron chi connectivity index (χ3n) is 4.86. The Morgan fingerprint density at radius 1 is 1.18 bits per heavy atom. The highest BCUT2D eigenvalue weighted by molar-refractivity contribution is 14.1. The number of piperazine rings is 1. The minimum absolute atomic E-state index is 0.0399. The highest BCUT2D eigenvalue weighted by Gasteiger charge is 2.21. The lowest BCUT2D eigenvalue weighted by molar-refractivity contribution is 0.456. The zero-order valence-corrected chi connectivity index (χ0v) is 18.6. The van der Waals surface area contributed by atoms with Gasteiger partial charge in [-0.15, -0.1) is 0 Å².